The fourth-order valence-corrected chi connectivity index (χ4v) is 2.14. The van der Waals surface area contributed by atoms with Gasteiger partial charge in [0, 0.05) is 11.8 Å². The van der Waals surface area contributed by atoms with Gasteiger partial charge in [0.05, 0.1) is 18.7 Å². The molecule has 0 saturated carbocycles. The minimum atomic E-state index is -0.407. The van der Waals surface area contributed by atoms with Crippen LogP contribution in [-0.4, -0.2) is 19.1 Å². The summed E-state index contributed by atoms with van der Waals surface area (Å²) in [6, 6.07) is 13.8. The molecular formula is C18H19N3O3. The third-order valence-electron chi connectivity index (χ3n) is 3.47. The van der Waals surface area contributed by atoms with Crippen LogP contribution in [0.5, 0.6) is 17.2 Å². The third kappa shape index (κ3) is 4.17. The maximum absolute atomic E-state index is 11.3. The van der Waals surface area contributed by atoms with Gasteiger partial charge in [0.15, 0.2) is 11.5 Å². The second kappa shape index (κ2) is 7.88. The van der Waals surface area contributed by atoms with Crippen LogP contribution in [0.25, 0.3) is 0 Å². The van der Waals surface area contributed by atoms with Crippen LogP contribution in [0.2, 0.25) is 0 Å². The monoisotopic (exact) mass is 325 g/mol. The molecule has 0 aromatic heterocycles. The number of hydrogen-bond acceptors (Lipinski definition) is 5. The summed E-state index contributed by atoms with van der Waals surface area (Å²) in [7, 11) is 1.52. The number of carbonyl (C=O) groups is 1. The Morgan fingerprint density at radius 3 is 2.50 bits per heavy atom. The van der Waals surface area contributed by atoms with Crippen LogP contribution in [0.3, 0.4) is 0 Å². The first kappa shape index (κ1) is 17.2. The average Bonchev–Trinajstić information content (AvgIpc) is 2.61. The van der Waals surface area contributed by atoms with E-state index in [-0.39, 0.29) is 5.91 Å². The van der Waals surface area contributed by atoms with E-state index in [0.29, 0.717) is 29.2 Å². The smallest absolute Gasteiger partial charge is 0.239 e. The molecule has 24 heavy (non-hydrogen) atoms. The van der Waals surface area contributed by atoms with Crippen molar-refractivity contribution in [1.29, 1.82) is 5.26 Å². The van der Waals surface area contributed by atoms with Crippen molar-refractivity contribution in [3.63, 3.8) is 0 Å². The number of anilines is 1. The molecule has 6 nitrogen and oxygen atoms in total. The van der Waals surface area contributed by atoms with Crippen LogP contribution in [0, 0.1) is 11.3 Å². The van der Waals surface area contributed by atoms with E-state index in [1.807, 2.05) is 6.92 Å². The molecule has 0 fully saturated rings. The number of benzene rings is 2. The zero-order chi connectivity index (χ0) is 17.5. The average molecular weight is 325 g/mol. The predicted octanol–water partition coefficient (Wildman–Crippen LogP) is 3.03. The Bertz CT molecular complexity index is 751. The zero-order valence-electron chi connectivity index (χ0n) is 13.6. The van der Waals surface area contributed by atoms with Gasteiger partial charge in [-0.05, 0) is 42.8 Å². The lowest BCUT2D eigenvalue weighted by atomic mass is 10.2. The molecule has 1 atom stereocenters. The summed E-state index contributed by atoms with van der Waals surface area (Å²) >= 11 is 0. The lowest BCUT2D eigenvalue weighted by Crippen LogP contribution is -2.34. The van der Waals surface area contributed by atoms with Gasteiger partial charge in [-0.15, -0.1) is 0 Å². The Kier molecular flexibility index (Phi) is 5.63. The molecule has 2 aromatic rings. The van der Waals surface area contributed by atoms with E-state index in [4.69, 9.17) is 20.5 Å². The molecule has 0 aliphatic carbocycles. The number of ether oxygens (including phenoxy) is 2. The maximum Gasteiger partial charge on any atom is 0.239 e. The Labute approximate surface area is 140 Å². The summed E-state index contributed by atoms with van der Waals surface area (Å²) < 4.78 is 11.0. The summed E-state index contributed by atoms with van der Waals surface area (Å²) in [5, 5.41) is 12.0. The molecule has 0 bridgehead atoms. The third-order valence-corrected chi connectivity index (χ3v) is 3.47. The van der Waals surface area contributed by atoms with E-state index in [2.05, 4.69) is 11.4 Å². The van der Waals surface area contributed by atoms with Gasteiger partial charge in [-0.2, -0.15) is 5.26 Å². The van der Waals surface area contributed by atoms with Crippen LogP contribution in [0.1, 0.15) is 18.9 Å². The number of hydrogen-bond donors (Lipinski definition) is 2. The molecule has 0 spiro atoms. The van der Waals surface area contributed by atoms with Crippen LogP contribution >= 0.6 is 0 Å². The Hall–Kier alpha value is -3.20. The number of amides is 1. The lowest BCUT2D eigenvalue weighted by molar-refractivity contribution is -0.118. The predicted molar refractivity (Wildman–Crippen MR) is 91.1 cm³/mol. The highest BCUT2D eigenvalue weighted by Crippen LogP contribution is 2.32. The van der Waals surface area contributed by atoms with E-state index in [9.17, 15) is 4.79 Å². The molecule has 124 valence electrons. The number of methoxy groups -OCH3 is 1. The van der Waals surface area contributed by atoms with Crippen molar-refractivity contribution in [1.82, 2.24) is 0 Å². The first-order valence-corrected chi connectivity index (χ1v) is 7.49. The van der Waals surface area contributed by atoms with Gasteiger partial charge < -0.3 is 20.5 Å². The lowest BCUT2D eigenvalue weighted by Gasteiger charge is -2.15. The SMILES string of the molecule is CCC(Nc1ccc(Oc2ccc(C#N)cc2OC)cc1)C(N)=O. The molecule has 1 unspecified atom stereocenters. The summed E-state index contributed by atoms with van der Waals surface area (Å²) in [4.78, 5) is 11.3. The second-order valence-corrected chi connectivity index (χ2v) is 5.11. The number of primary amides is 1. The van der Waals surface area contributed by atoms with Crippen LogP contribution < -0.4 is 20.5 Å². The molecule has 0 heterocycles. The minimum absolute atomic E-state index is 0.389. The van der Waals surface area contributed by atoms with Crippen LogP contribution in [-0.2, 0) is 4.79 Å². The topological polar surface area (TPSA) is 97.4 Å². The number of nitriles is 1. The number of rotatable bonds is 7. The molecule has 1 amide bonds. The highest BCUT2D eigenvalue weighted by atomic mass is 16.5. The molecule has 0 aliphatic rings. The fourth-order valence-electron chi connectivity index (χ4n) is 2.14. The maximum atomic E-state index is 11.3. The van der Waals surface area contributed by atoms with Crippen molar-refractivity contribution in [3.05, 3.63) is 48.0 Å². The minimum Gasteiger partial charge on any atom is -0.493 e. The Balaban J connectivity index is 2.12. The van der Waals surface area contributed by atoms with Crippen LogP contribution in [0.4, 0.5) is 5.69 Å². The number of nitrogens with zero attached hydrogens (tertiary/aromatic N) is 1. The largest absolute Gasteiger partial charge is 0.493 e. The summed E-state index contributed by atoms with van der Waals surface area (Å²) in [5.41, 5.74) is 6.59. The Morgan fingerprint density at radius 2 is 1.96 bits per heavy atom. The summed E-state index contributed by atoms with van der Waals surface area (Å²) in [6.07, 6.45) is 0.607. The molecule has 3 N–H and O–H groups in total. The van der Waals surface area contributed by atoms with Crippen molar-refractivity contribution in [2.45, 2.75) is 19.4 Å². The Morgan fingerprint density at radius 1 is 1.25 bits per heavy atom. The highest BCUT2D eigenvalue weighted by Gasteiger charge is 2.12. The van der Waals surface area contributed by atoms with Gasteiger partial charge in [0.2, 0.25) is 5.91 Å². The molecule has 0 radical (unpaired) electrons. The van der Waals surface area contributed by atoms with Gasteiger partial charge in [0.25, 0.3) is 0 Å². The molecular weight excluding hydrogens is 306 g/mol. The first-order chi connectivity index (χ1) is 11.6. The van der Waals surface area contributed by atoms with Gasteiger partial charge in [-0.3, -0.25) is 4.79 Å². The molecule has 2 rings (SSSR count). The van der Waals surface area contributed by atoms with E-state index >= 15 is 0 Å². The van der Waals surface area contributed by atoms with Crippen molar-refractivity contribution in [2.75, 3.05) is 12.4 Å². The van der Waals surface area contributed by atoms with E-state index in [0.717, 1.165) is 5.69 Å². The van der Waals surface area contributed by atoms with E-state index < -0.39 is 6.04 Å². The van der Waals surface area contributed by atoms with Gasteiger partial charge in [0.1, 0.15) is 11.8 Å². The van der Waals surface area contributed by atoms with E-state index in [1.54, 1.807) is 42.5 Å². The van der Waals surface area contributed by atoms with Crippen molar-refractivity contribution in [3.8, 4) is 23.3 Å². The molecule has 0 saturated heterocycles. The molecule has 2 aromatic carbocycles. The number of nitrogens with one attached hydrogen (secondary N) is 1. The zero-order valence-corrected chi connectivity index (χ0v) is 13.6. The number of nitrogens with two attached hydrogens (primary N) is 1. The molecule has 6 heteroatoms. The van der Waals surface area contributed by atoms with Crippen molar-refractivity contribution < 1.29 is 14.3 Å². The quantitative estimate of drug-likeness (QED) is 0.815. The van der Waals surface area contributed by atoms with Gasteiger partial charge >= 0.3 is 0 Å². The summed E-state index contributed by atoms with van der Waals surface area (Å²) in [5.74, 6) is 1.22. The highest BCUT2D eigenvalue weighted by molar-refractivity contribution is 5.82. The molecule has 0 aliphatic heterocycles. The van der Waals surface area contributed by atoms with Gasteiger partial charge in [-0.25, -0.2) is 0 Å². The number of carbonyl (C=O) groups excluding carboxylic acids is 1. The van der Waals surface area contributed by atoms with Crippen molar-refractivity contribution in [2.24, 2.45) is 5.73 Å². The normalized spacial score (nSPS) is 11.2. The second-order valence-electron chi connectivity index (χ2n) is 5.11. The summed E-state index contributed by atoms with van der Waals surface area (Å²) in [6.45, 7) is 1.89. The standard InChI is InChI=1S/C18H19N3O3/c1-3-15(18(20)22)21-13-5-7-14(8-6-13)24-16-9-4-12(11-19)10-17(16)23-2/h4-10,15,21H,3H2,1-2H3,(H2,20,22). The van der Waals surface area contributed by atoms with Crippen LogP contribution in [0.15, 0.2) is 42.5 Å². The first-order valence-electron chi connectivity index (χ1n) is 7.49. The van der Waals surface area contributed by atoms with E-state index in [1.165, 1.54) is 7.11 Å². The van der Waals surface area contributed by atoms with Crippen molar-refractivity contribution >= 4 is 11.6 Å². The fraction of sp³-hybridized carbons (Fsp3) is 0.222. The van der Waals surface area contributed by atoms with Gasteiger partial charge in [-0.1, -0.05) is 6.92 Å².